The van der Waals surface area contributed by atoms with Crippen LogP contribution in [0.3, 0.4) is 0 Å². The van der Waals surface area contributed by atoms with Gasteiger partial charge in [0, 0.05) is 12.6 Å². The van der Waals surface area contributed by atoms with E-state index in [1.807, 2.05) is 39.4 Å². The van der Waals surface area contributed by atoms with E-state index in [1.54, 1.807) is 0 Å². The summed E-state index contributed by atoms with van der Waals surface area (Å²) in [6.07, 6.45) is 0. The fourth-order valence-electron chi connectivity index (χ4n) is 1.89. The van der Waals surface area contributed by atoms with Gasteiger partial charge in [0.25, 0.3) is 0 Å². The van der Waals surface area contributed by atoms with E-state index in [-0.39, 0.29) is 0 Å². The Labute approximate surface area is 115 Å². The summed E-state index contributed by atoms with van der Waals surface area (Å²) in [5.74, 6) is 2.38. The highest BCUT2D eigenvalue weighted by molar-refractivity contribution is 9.10. The topological polar surface area (TPSA) is 55.6 Å². The van der Waals surface area contributed by atoms with Crippen LogP contribution in [0.2, 0.25) is 0 Å². The molecule has 18 heavy (non-hydrogen) atoms. The molecular weight excluding hydrogens is 294 g/mol. The highest BCUT2D eigenvalue weighted by atomic mass is 79.9. The Morgan fingerprint density at radius 3 is 2.28 bits per heavy atom. The number of rotatable bonds is 2. The standard InChI is InChI=1S/C12H16BrN5/c1-6-11(14-5)15-9(4)16-12(6)18-8(3)10(13)7(2)17-18/h1-5H3,(H,14,15,16). The van der Waals surface area contributed by atoms with Crippen LogP contribution in [0.25, 0.3) is 5.82 Å². The van der Waals surface area contributed by atoms with Crippen LogP contribution in [0.1, 0.15) is 22.8 Å². The van der Waals surface area contributed by atoms with E-state index in [2.05, 4.69) is 36.3 Å². The van der Waals surface area contributed by atoms with Gasteiger partial charge in [-0.3, -0.25) is 0 Å². The van der Waals surface area contributed by atoms with Crippen molar-refractivity contribution in [2.75, 3.05) is 12.4 Å². The molecular formula is C12H16BrN5. The van der Waals surface area contributed by atoms with Crippen molar-refractivity contribution in [2.24, 2.45) is 0 Å². The molecule has 2 heterocycles. The third-order valence-corrected chi connectivity index (χ3v) is 4.02. The third kappa shape index (κ3) is 2.01. The maximum Gasteiger partial charge on any atom is 0.162 e. The van der Waals surface area contributed by atoms with Gasteiger partial charge in [-0.2, -0.15) is 5.10 Å². The van der Waals surface area contributed by atoms with Crippen molar-refractivity contribution in [3.63, 3.8) is 0 Å². The van der Waals surface area contributed by atoms with Crippen molar-refractivity contribution in [1.82, 2.24) is 19.7 Å². The molecule has 0 aliphatic rings. The minimum Gasteiger partial charge on any atom is -0.373 e. The molecule has 96 valence electrons. The Balaban J connectivity index is 2.70. The number of anilines is 1. The third-order valence-electron chi connectivity index (χ3n) is 2.87. The van der Waals surface area contributed by atoms with Gasteiger partial charge in [0.05, 0.1) is 15.9 Å². The van der Waals surface area contributed by atoms with Gasteiger partial charge in [0.1, 0.15) is 11.6 Å². The Kier molecular flexibility index (Phi) is 3.38. The van der Waals surface area contributed by atoms with Crippen LogP contribution in [0, 0.1) is 27.7 Å². The lowest BCUT2D eigenvalue weighted by molar-refractivity contribution is 0.785. The minimum atomic E-state index is 0.726. The Morgan fingerprint density at radius 1 is 1.11 bits per heavy atom. The van der Waals surface area contributed by atoms with Crippen LogP contribution in [0.5, 0.6) is 0 Å². The van der Waals surface area contributed by atoms with Gasteiger partial charge in [0.15, 0.2) is 5.82 Å². The molecule has 1 N–H and O–H groups in total. The fraction of sp³-hybridized carbons (Fsp3) is 0.417. The summed E-state index contributed by atoms with van der Waals surface area (Å²) in [4.78, 5) is 8.86. The first kappa shape index (κ1) is 13.0. The number of halogens is 1. The van der Waals surface area contributed by atoms with Crippen molar-refractivity contribution in [2.45, 2.75) is 27.7 Å². The molecule has 0 amide bonds. The van der Waals surface area contributed by atoms with Crippen molar-refractivity contribution >= 4 is 21.7 Å². The predicted molar refractivity (Wildman–Crippen MR) is 75.3 cm³/mol. The Hall–Kier alpha value is -1.43. The number of nitrogens with one attached hydrogen (secondary N) is 1. The average Bonchev–Trinajstić information content (AvgIpc) is 2.59. The van der Waals surface area contributed by atoms with Crippen LogP contribution < -0.4 is 5.32 Å². The molecule has 0 aromatic carbocycles. The lowest BCUT2D eigenvalue weighted by Crippen LogP contribution is -2.10. The molecule has 2 rings (SSSR count). The molecule has 0 aliphatic heterocycles. The van der Waals surface area contributed by atoms with Gasteiger partial charge in [-0.1, -0.05) is 0 Å². The average molecular weight is 310 g/mol. The molecule has 0 aliphatic carbocycles. The molecule has 0 saturated carbocycles. The van der Waals surface area contributed by atoms with E-state index >= 15 is 0 Å². The molecule has 0 bridgehead atoms. The van der Waals surface area contributed by atoms with E-state index in [4.69, 9.17) is 0 Å². The maximum atomic E-state index is 4.51. The first-order valence-electron chi connectivity index (χ1n) is 5.70. The number of hydrogen-bond acceptors (Lipinski definition) is 4. The Bertz CT molecular complexity index is 603. The summed E-state index contributed by atoms with van der Waals surface area (Å²) in [5.41, 5.74) is 2.98. The first-order chi connectivity index (χ1) is 8.45. The zero-order chi connectivity index (χ0) is 13.4. The van der Waals surface area contributed by atoms with Gasteiger partial charge in [0.2, 0.25) is 0 Å². The van der Waals surface area contributed by atoms with Crippen LogP contribution in [0.4, 0.5) is 5.82 Å². The minimum absolute atomic E-state index is 0.726. The van der Waals surface area contributed by atoms with Crippen LogP contribution in [0.15, 0.2) is 4.47 Å². The van der Waals surface area contributed by atoms with Gasteiger partial charge >= 0.3 is 0 Å². The zero-order valence-electron chi connectivity index (χ0n) is 11.2. The van der Waals surface area contributed by atoms with Crippen molar-refractivity contribution in [3.05, 3.63) is 27.2 Å². The monoisotopic (exact) mass is 309 g/mol. The maximum absolute atomic E-state index is 4.51. The quantitative estimate of drug-likeness (QED) is 0.926. The Morgan fingerprint density at radius 2 is 1.78 bits per heavy atom. The second-order valence-corrected chi connectivity index (χ2v) is 5.01. The normalized spacial score (nSPS) is 10.8. The zero-order valence-corrected chi connectivity index (χ0v) is 12.8. The van der Waals surface area contributed by atoms with E-state index in [0.717, 1.165) is 38.9 Å². The predicted octanol–water partition coefficient (Wildman–Crippen LogP) is 2.70. The smallest absolute Gasteiger partial charge is 0.162 e. The molecule has 0 atom stereocenters. The van der Waals surface area contributed by atoms with Crippen molar-refractivity contribution < 1.29 is 0 Å². The summed E-state index contributed by atoms with van der Waals surface area (Å²) >= 11 is 3.53. The van der Waals surface area contributed by atoms with Gasteiger partial charge in [-0.15, -0.1) is 0 Å². The number of aryl methyl sites for hydroxylation is 2. The van der Waals surface area contributed by atoms with E-state index in [9.17, 15) is 0 Å². The highest BCUT2D eigenvalue weighted by Crippen LogP contribution is 2.25. The van der Waals surface area contributed by atoms with E-state index in [0.29, 0.717) is 0 Å². The summed E-state index contributed by atoms with van der Waals surface area (Å²) in [7, 11) is 1.86. The molecule has 0 radical (unpaired) electrons. The molecule has 0 spiro atoms. The van der Waals surface area contributed by atoms with Gasteiger partial charge in [-0.05, 0) is 43.6 Å². The van der Waals surface area contributed by atoms with Crippen molar-refractivity contribution in [3.8, 4) is 5.82 Å². The summed E-state index contributed by atoms with van der Waals surface area (Å²) in [5, 5.41) is 7.59. The van der Waals surface area contributed by atoms with Crippen molar-refractivity contribution in [1.29, 1.82) is 0 Å². The van der Waals surface area contributed by atoms with Gasteiger partial charge in [-0.25, -0.2) is 14.6 Å². The largest absolute Gasteiger partial charge is 0.373 e. The lowest BCUT2D eigenvalue weighted by Gasteiger charge is -2.11. The molecule has 0 fully saturated rings. The van der Waals surface area contributed by atoms with Crippen LogP contribution in [-0.4, -0.2) is 26.8 Å². The second kappa shape index (κ2) is 4.68. The van der Waals surface area contributed by atoms with Crippen LogP contribution in [-0.2, 0) is 0 Å². The summed E-state index contributed by atoms with van der Waals surface area (Å²) < 4.78 is 2.87. The first-order valence-corrected chi connectivity index (χ1v) is 6.50. The second-order valence-electron chi connectivity index (χ2n) is 4.21. The molecule has 2 aromatic heterocycles. The fourth-order valence-corrected chi connectivity index (χ4v) is 2.14. The summed E-state index contributed by atoms with van der Waals surface area (Å²) in [6, 6.07) is 0. The SMILES string of the molecule is CNc1nc(C)nc(-n2nc(C)c(Br)c2C)c1C. The highest BCUT2D eigenvalue weighted by Gasteiger charge is 2.16. The summed E-state index contributed by atoms with van der Waals surface area (Å²) in [6.45, 7) is 7.85. The molecule has 0 unspecified atom stereocenters. The molecule has 5 nitrogen and oxygen atoms in total. The van der Waals surface area contributed by atoms with Crippen LogP contribution >= 0.6 is 15.9 Å². The molecule has 2 aromatic rings. The lowest BCUT2D eigenvalue weighted by atomic mass is 10.3. The number of aromatic nitrogens is 4. The number of hydrogen-bond donors (Lipinski definition) is 1. The van der Waals surface area contributed by atoms with E-state index in [1.165, 1.54) is 0 Å². The van der Waals surface area contributed by atoms with Gasteiger partial charge < -0.3 is 5.32 Å². The molecule has 6 heteroatoms. The van der Waals surface area contributed by atoms with E-state index < -0.39 is 0 Å². The number of nitrogens with zero attached hydrogens (tertiary/aromatic N) is 4. The molecule has 0 saturated heterocycles.